The van der Waals surface area contributed by atoms with Crippen molar-refractivity contribution in [2.24, 2.45) is 0 Å². The van der Waals surface area contributed by atoms with Gasteiger partial charge >= 0.3 is 6.18 Å². The quantitative estimate of drug-likeness (QED) is 0.609. The second-order valence-electron chi connectivity index (χ2n) is 7.76. The molecule has 0 spiro atoms. The normalized spacial score (nSPS) is 21.2. The Hall–Kier alpha value is -1.89. The van der Waals surface area contributed by atoms with E-state index in [9.17, 15) is 26.0 Å². The molecule has 0 amide bonds. The molecule has 0 radical (unpaired) electrons. The third-order valence-corrected chi connectivity index (χ3v) is 9.25. The third-order valence-electron chi connectivity index (χ3n) is 5.62. The van der Waals surface area contributed by atoms with E-state index in [1.807, 2.05) is 0 Å². The van der Waals surface area contributed by atoms with Crippen LogP contribution in [0.15, 0.2) is 34.5 Å². The predicted molar refractivity (Wildman–Crippen MR) is 114 cm³/mol. The van der Waals surface area contributed by atoms with Crippen LogP contribution < -0.4 is 9.80 Å². The maximum atomic E-state index is 13.4. The molecule has 2 fully saturated rings. The minimum atomic E-state index is -4.71. The molecule has 1 aromatic heterocycles. The molecule has 2 saturated heterocycles. The largest absolute Gasteiger partial charge is 0.418 e. The highest BCUT2D eigenvalue weighted by Crippen LogP contribution is 2.39. The summed E-state index contributed by atoms with van der Waals surface area (Å²) in [6, 6.07) is 5.35. The molecule has 1 aromatic carbocycles. The van der Waals surface area contributed by atoms with Crippen LogP contribution in [0.1, 0.15) is 12.5 Å². The number of hydrogen-bond acceptors (Lipinski definition) is 6. The number of sulfonamides is 1. The number of thiophene rings is 1. The fourth-order valence-electron chi connectivity index (χ4n) is 4.05. The van der Waals surface area contributed by atoms with Gasteiger partial charge in [0.05, 0.1) is 23.8 Å². The first-order chi connectivity index (χ1) is 15.1. The second kappa shape index (κ2) is 8.81. The van der Waals surface area contributed by atoms with Gasteiger partial charge in [-0.25, -0.2) is 12.8 Å². The molecular formula is C20H23F4N3O3S2. The van der Waals surface area contributed by atoms with E-state index in [4.69, 9.17) is 4.74 Å². The van der Waals surface area contributed by atoms with Crippen molar-refractivity contribution in [2.45, 2.75) is 23.4 Å². The number of alkyl halides is 3. The smallest absolute Gasteiger partial charge is 0.378 e. The standard InChI is InChI=1S/C20H23F4N3O3S2/c1-14-13-26(17-3-2-15(21)12-16(17)20(22,23)24)6-7-27(14)32(28,29)19-5-4-18(31-19)25-8-10-30-11-9-25/h2-5,12,14H,6-11,13H2,1H3/t14-/m1/s1. The Morgan fingerprint density at radius 3 is 2.41 bits per heavy atom. The Balaban J connectivity index is 1.52. The number of benzene rings is 1. The van der Waals surface area contributed by atoms with Crippen molar-refractivity contribution in [3.63, 3.8) is 0 Å². The summed E-state index contributed by atoms with van der Waals surface area (Å²) in [4.78, 5) is 3.54. The maximum Gasteiger partial charge on any atom is 0.418 e. The first-order valence-electron chi connectivity index (χ1n) is 10.1. The first kappa shape index (κ1) is 23.3. The van der Waals surface area contributed by atoms with E-state index in [1.165, 1.54) is 20.5 Å². The zero-order chi connectivity index (χ0) is 23.1. The number of nitrogens with zero attached hydrogens (tertiary/aromatic N) is 3. The lowest BCUT2D eigenvalue weighted by Crippen LogP contribution is -2.54. The number of rotatable bonds is 4. The van der Waals surface area contributed by atoms with Crippen LogP contribution in [-0.2, 0) is 20.9 Å². The lowest BCUT2D eigenvalue weighted by atomic mass is 10.1. The summed E-state index contributed by atoms with van der Waals surface area (Å²) >= 11 is 1.18. The molecule has 176 valence electrons. The van der Waals surface area contributed by atoms with Crippen LogP contribution in [0.3, 0.4) is 0 Å². The van der Waals surface area contributed by atoms with Crippen molar-refractivity contribution < 1.29 is 30.7 Å². The zero-order valence-electron chi connectivity index (χ0n) is 17.3. The molecule has 1 atom stereocenters. The Morgan fingerprint density at radius 2 is 1.75 bits per heavy atom. The van der Waals surface area contributed by atoms with Crippen LogP contribution >= 0.6 is 11.3 Å². The van der Waals surface area contributed by atoms with Crippen molar-refractivity contribution in [3.05, 3.63) is 41.7 Å². The summed E-state index contributed by atoms with van der Waals surface area (Å²) in [6.07, 6.45) is -4.71. The Morgan fingerprint density at radius 1 is 1.03 bits per heavy atom. The molecule has 2 aliphatic heterocycles. The minimum absolute atomic E-state index is 0.0307. The van der Waals surface area contributed by atoms with Crippen LogP contribution in [0.5, 0.6) is 0 Å². The topological polar surface area (TPSA) is 53.1 Å². The van der Waals surface area contributed by atoms with Crippen molar-refractivity contribution in [1.82, 2.24) is 4.31 Å². The van der Waals surface area contributed by atoms with E-state index in [1.54, 1.807) is 19.1 Å². The number of halogens is 4. The molecule has 0 saturated carbocycles. The van der Waals surface area contributed by atoms with E-state index < -0.39 is 33.6 Å². The minimum Gasteiger partial charge on any atom is -0.378 e. The van der Waals surface area contributed by atoms with E-state index in [0.717, 1.165) is 17.1 Å². The highest BCUT2D eigenvalue weighted by molar-refractivity contribution is 7.91. The summed E-state index contributed by atoms with van der Waals surface area (Å²) in [7, 11) is -3.79. The molecule has 6 nitrogen and oxygen atoms in total. The van der Waals surface area contributed by atoms with Gasteiger partial charge in [0.25, 0.3) is 10.0 Å². The average molecular weight is 494 g/mol. The second-order valence-corrected chi connectivity index (χ2v) is 10.9. The number of piperazine rings is 1. The molecule has 0 bridgehead atoms. The van der Waals surface area contributed by atoms with Crippen LogP contribution in [0, 0.1) is 5.82 Å². The van der Waals surface area contributed by atoms with Gasteiger partial charge in [0, 0.05) is 44.5 Å². The van der Waals surface area contributed by atoms with Crippen LogP contribution in [-0.4, -0.2) is 64.7 Å². The lowest BCUT2D eigenvalue weighted by Gasteiger charge is -2.40. The summed E-state index contributed by atoms with van der Waals surface area (Å²) in [6.45, 7) is 4.38. The number of hydrogen-bond donors (Lipinski definition) is 0. The van der Waals surface area contributed by atoms with Gasteiger partial charge in [-0.3, -0.25) is 0 Å². The van der Waals surface area contributed by atoms with Crippen molar-refractivity contribution >= 4 is 32.0 Å². The summed E-state index contributed by atoms with van der Waals surface area (Å²) < 4.78 is 87.1. The van der Waals surface area contributed by atoms with E-state index in [2.05, 4.69) is 4.90 Å². The number of anilines is 2. The van der Waals surface area contributed by atoms with Gasteiger partial charge in [-0.05, 0) is 37.3 Å². The molecule has 4 rings (SSSR count). The molecule has 12 heteroatoms. The maximum absolute atomic E-state index is 13.4. The molecule has 32 heavy (non-hydrogen) atoms. The third kappa shape index (κ3) is 4.59. The van der Waals surface area contributed by atoms with Gasteiger partial charge in [0.2, 0.25) is 0 Å². The lowest BCUT2D eigenvalue weighted by molar-refractivity contribution is -0.137. The molecule has 3 heterocycles. The van der Waals surface area contributed by atoms with E-state index >= 15 is 0 Å². The summed E-state index contributed by atoms with van der Waals surface area (Å²) in [5, 5.41) is 0.847. The SMILES string of the molecule is C[C@@H]1CN(c2ccc(F)cc2C(F)(F)F)CCN1S(=O)(=O)c1ccc(N2CCOCC2)s1. The highest BCUT2D eigenvalue weighted by Gasteiger charge is 2.39. The van der Waals surface area contributed by atoms with Crippen molar-refractivity contribution in [3.8, 4) is 0 Å². The first-order valence-corrected chi connectivity index (χ1v) is 12.4. The molecule has 2 aliphatic rings. The van der Waals surface area contributed by atoms with Gasteiger partial charge in [-0.1, -0.05) is 0 Å². The molecule has 0 unspecified atom stereocenters. The van der Waals surface area contributed by atoms with Crippen LogP contribution in [0.4, 0.5) is 28.3 Å². The van der Waals surface area contributed by atoms with Crippen molar-refractivity contribution in [2.75, 3.05) is 55.7 Å². The number of ether oxygens (including phenoxy) is 1. The van der Waals surface area contributed by atoms with Gasteiger partial charge in [0.1, 0.15) is 10.0 Å². The number of morpholine rings is 1. The summed E-state index contributed by atoms with van der Waals surface area (Å²) in [5.41, 5.74) is -1.21. The molecule has 0 N–H and O–H groups in total. The Labute approximate surface area is 188 Å². The van der Waals surface area contributed by atoms with E-state index in [0.29, 0.717) is 32.4 Å². The van der Waals surface area contributed by atoms with Crippen LogP contribution in [0.25, 0.3) is 0 Å². The van der Waals surface area contributed by atoms with E-state index in [-0.39, 0.29) is 29.5 Å². The Kier molecular flexibility index (Phi) is 6.40. The van der Waals surface area contributed by atoms with Gasteiger partial charge < -0.3 is 14.5 Å². The van der Waals surface area contributed by atoms with Crippen molar-refractivity contribution in [1.29, 1.82) is 0 Å². The monoisotopic (exact) mass is 493 g/mol. The van der Waals surface area contributed by atoms with Gasteiger partial charge in [-0.15, -0.1) is 11.3 Å². The highest BCUT2D eigenvalue weighted by atomic mass is 32.2. The molecule has 0 aliphatic carbocycles. The predicted octanol–water partition coefficient (Wildman–Crippen LogP) is 3.64. The molecule has 2 aromatic rings. The average Bonchev–Trinajstić information content (AvgIpc) is 3.25. The molecular weight excluding hydrogens is 470 g/mol. The Bertz CT molecular complexity index is 1070. The van der Waals surface area contributed by atoms with Gasteiger partial charge in [0.15, 0.2) is 0 Å². The van der Waals surface area contributed by atoms with Crippen LogP contribution in [0.2, 0.25) is 0 Å². The zero-order valence-corrected chi connectivity index (χ0v) is 18.9. The fourth-order valence-corrected chi connectivity index (χ4v) is 7.13. The fraction of sp³-hybridized carbons (Fsp3) is 0.500. The van der Waals surface area contributed by atoms with Gasteiger partial charge in [-0.2, -0.15) is 17.5 Å². The summed E-state index contributed by atoms with van der Waals surface area (Å²) in [5.74, 6) is -0.968.